The van der Waals surface area contributed by atoms with Crippen LogP contribution in [0.2, 0.25) is 0 Å². The van der Waals surface area contributed by atoms with Gasteiger partial charge in [0.15, 0.2) is 6.07 Å². The molecule has 0 aliphatic rings. The monoisotopic (exact) mass is 194 g/mol. The Bertz CT molecular complexity index is 335. The zero-order valence-electron chi connectivity index (χ0n) is 7.42. The van der Waals surface area contributed by atoms with E-state index in [0.29, 0.717) is 0 Å². The normalized spacial score (nSPS) is 10.8. The summed E-state index contributed by atoms with van der Waals surface area (Å²) in [6.07, 6.45) is 6.54. The maximum absolute atomic E-state index is 12.8. The highest BCUT2D eigenvalue weighted by Crippen LogP contribution is 2.16. The van der Waals surface area contributed by atoms with Crippen LogP contribution in [0.5, 0.6) is 0 Å². The molecule has 5 heteroatoms. The minimum atomic E-state index is -2.42. The average Bonchev–Trinajstić information content (AvgIpc) is 2.75. The lowest BCUT2D eigenvalue weighted by atomic mass is 9.92. The van der Waals surface area contributed by atoms with Gasteiger partial charge in [0, 0.05) is 24.8 Å². The predicted molar refractivity (Wildman–Crippen MR) is 51.3 cm³/mol. The number of rotatable bonds is 3. The van der Waals surface area contributed by atoms with E-state index in [0.717, 1.165) is 0 Å². The lowest BCUT2D eigenvalue weighted by Gasteiger charge is -2.17. The van der Waals surface area contributed by atoms with E-state index in [1.54, 1.807) is 49.1 Å². The molecule has 0 saturated heterocycles. The molecule has 0 radical (unpaired) electrons. The summed E-state index contributed by atoms with van der Waals surface area (Å²) in [4.78, 5) is 0. The van der Waals surface area contributed by atoms with Crippen molar-refractivity contribution in [2.24, 2.45) is 0 Å². The average molecular weight is 194 g/mol. The van der Waals surface area contributed by atoms with E-state index in [9.17, 15) is 8.63 Å². The van der Waals surface area contributed by atoms with Gasteiger partial charge in [0.25, 0.3) is 0 Å². The summed E-state index contributed by atoms with van der Waals surface area (Å²) in [7, 11) is -2.42. The first-order valence-corrected chi connectivity index (χ1v) is 4.32. The summed E-state index contributed by atoms with van der Waals surface area (Å²) in [5, 5.41) is 0. The van der Waals surface area contributed by atoms with E-state index < -0.39 is 13.3 Å². The molecule has 2 rings (SSSR count). The Balaban J connectivity index is 2.35. The Morgan fingerprint density at radius 1 is 0.786 bits per heavy atom. The molecule has 2 aromatic heterocycles. The number of hydrogen-bond donors (Lipinski definition) is 0. The SMILES string of the molecule is FB(F)C(n1cccc1)n1cccc1. The molecule has 0 saturated carbocycles. The topological polar surface area (TPSA) is 9.86 Å². The fourth-order valence-electron chi connectivity index (χ4n) is 1.46. The molecular weight excluding hydrogens is 185 g/mol. The molecule has 0 fully saturated rings. The zero-order chi connectivity index (χ0) is 9.97. The minimum absolute atomic E-state index is 0.944. The highest BCUT2D eigenvalue weighted by Gasteiger charge is 2.29. The van der Waals surface area contributed by atoms with Gasteiger partial charge in [0.05, 0.1) is 0 Å². The third-order valence-corrected chi connectivity index (χ3v) is 2.09. The molecule has 14 heavy (non-hydrogen) atoms. The van der Waals surface area contributed by atoms with Crippen molar-refractivity contribution >= 4 is 7.27 Å². The molecular formula is C9H9BF2N2. The molecule has 2 heterocycles. The molecule has 72 valence electrons. The van der Waals surface area contributed by atoms with Gasteiger partial charge in [-0.05, 0) is 24.3 Å². The van der Waals surface area contributed by atoms with E-state index in [2.05, 4.69) is 0 Å². The van der Waals surface area contributed by atoms with Gasteiger partial charge in [0.2, 0.25) is 0 Å². The maximum atomic E-state index is 12.8. The number of nitrogens with zero attached hydrogens (tertiary/aromatic N) is 2. The second-order valence-corrected chi connectivity index (χ2v) is 3.01. The molecule has 0 aromatic carbocycles. The Kier molecular flexibility index (Phi) is 2.39. The standard InChI is InChI=1S/C9H9BF2N2/c11-10(12)9(13-5-1-2-6-13)14-7-3-4-8-14/h1-9H. The molecule has 0 bridgehead atoms. The first-order chi connectivity index (χ1) is 6.79. The molecule has 0 spiro atoms. The fourth-order valence-corrected chi connectivity index (χ4v) is 1.46. The van der Waals surface area contributed by atoms with Gasteiger partial charge >= 0.3 is 7.27 Å². The van der Waals surface area contributed by atoms with Gasteiger partial charge in [-0.15, -0.1) is 0 Å². The molecule has 0 atom stereocenters. The van der Waals surface area contributed by atoms with Crippen molar-refractivity contribution in [2.45, 2.75) is 6.07 Å². The highest BCUT2D eigenvalue weighted by atomic mass is 19.2. The molecule has 0 aliphatic carbocycles. The van der Waals surface area contributed by atoms with Crippen LogP contribution in [-0.2, 0) is 0 Å². The van der Waals surface area contributed by atoms with E-state index in [-0.39, 0.29) is 0 Å². The van der Waals surface area contributed by atoms with Crippen LogP contribution in [0, 0.1) is 0 Å². The van der Waals surface area contributed by atoms with Crippen LogP contribution in [0.25, 0.3) is 0 Å². The Labute approximate surface area is 80.9 Å². The Morgan fingerprint density at radius 3 is 1.43 bits per heavy atom. The summed E-state index contributed by atoms with van der Waals surface area (Å²) >= 11 is 0. The van der Waals surface area contributed by atoms with Crippen LogP contribution in [0.1, 0.15) is 6.07 Å². The fraction of sp³-hybridized carbons (Fsp3) is 0.111. The molecule has 2 nitrogen and oxygen atoms in total. The minimum Gasteiger partial charge on any atom is -0.334 e. The third-order valence-electron chi connectivity index (χ3n) is 2.09. The van der Waals surface area contributed by atoms with Gasteiger partial charge in [-0.1, -0.05) is 0 Å². The van der Waals surface area contributed by atoms with Crippen molar-refractivity contribution in [3.05, 3.63) is 49.1 Å². The predicted octanol–water partition coefficient (Wildman–Crippen LogP) is 2.30. The molecule has 0 unspecified atom stereocenters. The van der Waals surface area contributed by atoms with Crippen LogP contribution in [0.3, 0.4) is 0 Å². The van der Waals surface area contributed by atoms with Crippen molar-refractivity contribution in [3.8, 4) is 0 Å². The summed E-state index contributed by atoms with van der Waals surface area (Å²) in [5.41, 5.74) is 0. The number of aromatic nitrogens is 2. The van der Waals surface area contributed by atoms with Crippen LogP contribution in [0.4, 0.5) is 8.63 Å². The first kappa shape index (κ1) is 9.06. The zero-order valence-corrected chi connectivity index (χ0v) is 7.42. The van der Waals surface area contributed by atoms with Gasteiger partial charge in [-0.3, -0.25) is 8.63 Å². The summed E-state index contributed by atoms with van der Waals surface area (Å²) < 4.78 is 28.5. The summed E-state index contributed by atoms with van der Waals surface area (Å²) in [5.74, 6) is 0. The quantitative estimate of drug-likeness (QED) is 0.663. The molecule has 0 amide bonds. The van der Waals surface area contributed by atoms with E-state index in [1.807, 2.05) is 0 Å². The van der Waals surface area contributed by atoms with Crippen molar-refractivity contribution in [2.75, 3.05) is 0 Å². The van der Waals surface area contributed by atoms with Crippen molar-refractivity contribution in [1.29, 1.82) is 0 Å². The van der Waals surface area contributed by atoms with Gasteiger partial charge in [-0.25, -0.2) is 0 Å². The second kappa shape index (κ2) is 3.70. The van der Waals surface area contributed by atoms with Crippen LogP contribution >= 0.6 is 0 Å². The largest absolute Gasteiger partial charge is 0.580 e. The smallest absolute Gasteiger partial charge is 0.334 e. The number of hydrogen-bond acceptors (Lipinski definition) is 0. The van der Waals surface area contributed by atoms with Crippen LogP contribution in [-0.4, -0.2) is 16.4 Å². The van der Waals surface area contributed by atoms with Crippen LogP contribution in [0.15, 0.2) is 49.1 Å². The third kappa shape index (κ3) is 1.57. The molecule has 2 aromatic rings. The second-order valence-electron chi connectivity index (χ2n) is 3.01. The van der Waals surface area contributed by atoms with E-state index >= 15 is 0 Å². The Morgan fingerprint density at radius 2 is 1.14 bits per heavy atom. The lowest BCUT2D eigenvalue weighted by Crippen LogP contribution is -2.26. The lowest BCUT2D eigenvalue weighted by molar-refractivity contribution is 0.479. The van der Waals surface area contributed by atoms with Crippen LogP contribution < -0.4 is 0 Å². The van der Waals surface area contributed by atoms with Crippen molar-refractivity contribution < 1.29 is 8.63 Å². The molecule has 0 aliphatic heterocycles. The summed E-state index contributed by atoms with van der Waals surface area (Å²) in [6, 6.07) is 6.00. The van der Waals surface area contributed by atoms with E-state index in [4.69, 9.17) is 0 Å². The van der Waals surface area contributed by atoms with Crippen molar-refractivity contribution in [1.82, 2.24) is 9.13 Å². The summed E-state index contributed by atoms with van der Waals surface area (Å²) in [6.45, 7) is 0. The first-order valence-electron chi connectivity index (χ1n) is 4.32. The van der Waals surface area contributed by atoms with Crippen molar-refractivity contribution in [3.63, 3.8) is 0 Å². The number of halogens is 2. The van der Waals surface area contributed by atoms with Gasteiger partial charge in [-0.2, -0.15) is 0 Å². The highest BCUT2D eigenvalue weighted by molar-refractivity contribution is 6.43. The maximum Gasteiger partial charge on any atom is 0.580 e. The van der Waals surface area contributed by atoms with Gasteiger partial charge in [0.1, 0.15) is 0 Å². The van der Waals surface area contributed by atoms with E-state index in [1.165, 1.54) is 9.13 Å². The Hall–Kier alpha value is -1.52. The van der Waals surface area contributed by atoms with Gasteiger partial charge < -0.3 is 9.13 Å². The molecule has 0 N–H and O–H groups in total.